The van der Waals surface area contributed by atoms with Crippen LogP contribution < -0.4 is 16.0 Å². The van der Waals surface area contributed by atoms with E-state index >= 15 is 0 Å². The molecule has 0 unspecified atom stereocenters. The molecule has 2 heterocycles. The van der Waals surface area contributed by atoms with E-state index < -0.39 is 11.1 Å². The molecule has 48 heavy (non-hydrogen) atoms. The number of carbonyl (C=O) groups is 3. The van der Waals surface area contributed by atoms with Crippen LogP contribution in [-0.2, 0) is 32.3 Å². The van der Waals surface area contributed by atoms with E-state index in [0.29, 0.717) is 32.5 Å². The third kappa shape index (κ3) is 9.56. The zero-order chi connectivity index (χ0) is 33.7. The average molecular weight is 656 g/mol. The summed E-state index contributed by atoms with van der Waals surface area (Å²) in [6.07, 6.45) is 10.7. The molecule has 3 aromatic rings. The second kappa shape index (κ2) is 17.1. The monoisotopic (exact) mass is 655 g/mol. The van der Waals surface area contributed by atoms with Gasteiger partial charge in [-0.15, -0.1) is 0 Å². The van der Waals surface area contributed by atoms with Crippen LogP contribution in [0.2, 0.25) is 0 Å². The molecule has 3 aliphatic rings. The van der Waals surface area contributed by atoms with E-state index in [9.17, 15) is 14.4 Å². The van der Waals surface area contributed by atoms with Gasteiger partial charge in [-0.3, -0.25) is 4.79 Å². The summed E-state index contributed by atoms with van der Waals surface area (Å²) in [5.41, 5.74) is 6.36. The molecule has 10 nitrogen and oxygen atoms in total. The average Bonchev–Trinajstić information content (AvgIpc) is 3.15. The minimum atomic E-state index is -0.928. The SMILES string of the molecule is NC1(C(=O)OCc2ccccc2)CCCCC1.O=C(NC1(C(=O)OCc2ccccc2)CCCCC1)N1CCN(c2ccccn2)CC1. The number of nitrogens with zero attached hydrogens (tertiary/aromatic N) is 3. The molecule has 0 radical (unpaired) electrons. The van der Waals surface area contributed by atoms with Crippen molar-refractivity contribution in [1.29, 1.82) is 0 Å². The summed E-state index contributed by atoms with van der Waals surface area (Å²) < 4.78 is 11.0. The third-order valence-electron chi connectivity index (χ3n) is 9.56. The highest BCUT2D eigenvalue weighted by Crippen LogP contribution is 2.31. The summed E-state index contributed by atoms with van der Waals surface area (Å²) in [5, 5.41) is 3.07. The fourth-order valence-corrected chi connectivity index (χ4v) is 6.61. The first-order valence-electron chi connectivity index (χ1n) is 17.3. The van der Waals surface area contributed by atoms with Crippen molar-refractivity contribution in [2.45, 2.75) is 88.5 Å². The van der Waals surface area contributed by atoms with Gasteiger partial charge in [-0.2, -0.15) is 0 Å². The second-order valence-electron chi connectivity index (χ2n) is 13.1. The minimum Gasteiger partial charge on any atom is -0.459 e. The van der Waals surface area contributed by atoms with Crippen molar-refractivity contribution in [1.82, 2.24) is 15.2 Å². The zero-order valence-electron chi connectivity index (χ0n) is 27.9. The van der Waals surface area contributed by atoms with E-state index in [1.165, 1.54) is 6.42 Å². The van der Waals surface area contributed by atoms with Gasteiger partial charge in [-0.05, 0) is 48.9 Å². The van der Waals surface area contributed by atoms with Crippen molar-refractivity contribution in [2.75, 3.05) is 31.1 Å². The van der Waals surface area contributed by atoms with Gasteiger partial charge in [0.2, 0.25) is 0 Å². The Balaban J connectivity index is 0.000000224. The first-order valence-corrected chi connectivity index (χ1v) is 17.3. The van der Waals surface area contributed by atoms with Crippen LogP contribution in [0.15, 0.2) is 85.1 Å². The standard InChI is InChI=1S/C24H30N4O3.C14H19NO2/c29-22(31-19-20-9-3-1-4-10-20)24(12-6-2-7-13-24)26-23(30)28-17-15-27(16-18-28)21-11-5-8-14-25-21;15-14(9-5-2-6-10-14)13(16)17-11-12-7-3-1-4-8-12/h1,3-5,8-11,14H,2,6-7,12-13,15-19H2,(H,26,30);1,3-4,7-8H,2,5-6,9-11,15H2. The Kier molecular flexibility index (Phi) is 12.4. The molecular weight excluding hydrogens is 606 g/mol. The number of urea groups is 1. The van der Waals surface area contributed by atoms with Crippen molar-refractivity contribution in [3.63, 3.8) is 0 Å². The van der Waals surface area contributed by atoms with E-state index in [1.807, 2.05) is 78.9 Å². The number of aromatic nitrogens is 1. The molecule has 2 amide bonds. The number of piperazine rings is 1. The molecule has 0 bridgehead atoms. The summed E-state index contributed by atoms with van der Waals surface area (Å²) in [6, 6.07) is 25.0. The number of nitrogens with one attached hydrogen (secondary N) is 1. The van der Waals surface area contributed by atoms with Crippen LogP contribution in [0, 0.1) is 0 Å². The number of rotatable bonds is 8. The van der Waals surface area contributed by atoms with Crippen LogP contribution in [-0.4, -0.2) is 65.1 Å². The summed E-state index contributed by atoms with van der Waals surface area (Å²) in [4.78, 5) is 46.4. The molecule has 1 saturated heterocycles. The third-order valence-corrected chi connectivity index (χ3v) is 9.56. The van der Waals surface area contributed by atoms with Gasteiger partial charge in [-0.1, -0.05) is 105 Å². The number of amides is 2. The number of ether oxygens (including phenoxy) is 2. The number of hydrogen-bond acceptors (Lipinski definition) is 8. The maximum Gasteiger partial charge on any atom is 0.332 e. The normalized spacial score (nSPS) is 18.4. The Morgan fingerprint density at radius 1 is 0.667 bits per heavy atom. The van der Waals surface area contributed by atoms with Gasteiger partial charge in [0.1, 0.15) is 30.1 Å². The Bertz CT molecular complexity index is 1440. The predicted octanol–water partition coefficient (Wildman–Crippen LogP) is 5.75. The zero-order valence-corrected chi connectivity index (χ0v) is 27.9. The summed E-state index contributed by atoms with van der Waals surface area (Å²) in [7, 11) is 0. The van der Waals surface area contributed by atoms with Gasteiger partial charge in [0.15, 0.2) is 0 Å². The molecule has 10 heteroatoms. The number of anilines is 1. The first kappa shape index (κ1) is 34.9. The first-order chi connectivity index (χ1) is 23.4. The van der Waals surface area contributed by atoms with Gasteiger partial charge in [0, 0.05) is 32.4 Å². The van der Waals surface area contributed by atoms with Gasteiger partial charge in [0.25, 0.3) is 0 Å². The van der Waals surface area contributed by atoms with Crippen LogP contribution in [0.5, 0.6) is 0 Å². The lowest BCUT2D eigenvalue weighted by Crippen LogP contribution is -2.61. The molecule has 3 N–H and O–H groups in total. The van der Waals surface area contributed by atoms with Crippen molar-refractivity contribution in [3.8, 4) is 0 Å². The number of benzene rings is 2. The highest BCUT2D eigenvalue weighted by atomic mass is 16.5. The van der Waals surface area contributed by atoms with E-state index in [4.69, 9.17) is 15.2 Å². The highest BCUT2D eigenvalue weighted by molar-refractivity contribution is 5.87. The van der Waals surface area contributed by atoms with E-state index in [1.54, 1.807) is 11.1 Å². The van der Waals surface area contributed by atoms with Gasteiger partial charge in [0.05, 0.1) is 0 Å². The smallest absolute Gasteiger partial charge is 0.332 e. The summed E-state index contributed by atoms with van der Waals surface area (Å²) >= 11 is 0. The Hall–Kier alpha value is -4.44. The number of nitrogens with two attached hydrogens (primary N) is 1. The van der Waals surface area contributed by atoms with Crippen LogP contribution >= 0.6 is 0 Å². The van der Waals surface area contributed by atoms with Gasteiger partial charge in [-0.25, -0.2) is 14.6 Å². The Morgan fingerprint density at radius 2 is 1.19 bits per heavy atom. The van der Waals surface area contributed by atoms with Gasteiger partial charge >= 0.3 is 18.0 Å². The van der Waals surface area contributed by atoms with E-state index in [2.05, 4.69) is 15.2 Å². The molecule has 0 atom stereocenters. The topological polar surface area (TPSA) is 127 Å². The number of carbonyl (C=O) groups excluding carboxylic acids is 3. The Morgan fingerprint density at radius 3 is 1.73 bits per heavy atom. The summed E-state index contributed by atoms with van der Waals surface area (Å²) in [5.74, 6) is 0.355. The maximum absolute atomic E-state index is 13.1. The molecule has 1 aromatic heterocycles. The van der Waals surface area contributed by atoms with Crippen LogP contribution in [0.4, 0.5) is 10.6 Å². The fourth-order valence-electron chi connectivity index (χ4n) is 6.61. The van der Waals surface area contributed by atoms with Crippen LogP contribution in [0.1, 0.15) is 75.3 Å². The van der Waals surface area contributed by atoms with Crippen molar-refractivity contribution in [3.05, 3.63) is 96.2 Å². The lowest BCUT2D eigenvalue weighted by molar-refractivity contribution is -0.154. The number of pyridine rings is 1. The van der Waals surface area contributed by atoms with Crippen molar-refractivity contribution >= 4 is 23.8 Å². The van der Waals surface area contributed by atoms with Gasteiger partial charge < -0.3 is 30.3 Å². The fraction of sp³-hybridized carbons (Fsp3) is 0.474. The van der Waals surface area contributed by atoms with E-state index in [-0.39, 0.29) is 24.6 Å². The molecular formula is C38H49N5O5. The second-order valence-corrected chi connectivity index (χ2v) is 13.1. The van der Waals surface area contributed by atoms with Crippen LogP contribution in [0.3, 0.4) is 0 Å². The maximum atomic E-state index is 13.1. The lowest BCUT2D eigenvalue weighted by atomic mass is 9.81. The Labute approximate surface area is 284 Å². The molecule has 0 spiro atoms. The lowest BCUT2D eigenvalue weighted by Gasteiger charge is -2.40. The van der Waals surface area contributed by atoms with E-state index in [0.717, 1.165) is 75.0 Å². The summed E-state index contributed by atoms with van der Waals surface area (Å²) in [6.45, 7) is 3.17. The molecule has 256 valence electrons. The minimum absolute atomic E-state index is 0.181. The molecule has 3 fully saturated rings. The predicted molar refractivity (Wildman–Crippen MR) is 185 cm³/mol. The number of esters is 2. The molecule has 2 aliphatic carbocycles. The molecule has 6 rings (SSSR count). The largest absolute Gasteiger partial charge is 0.459 e. The molecule has 2 saturated carbocycles. The highest BCUT2D eigenvalue weighted by Gasteiger charge is 2.43. The van der Waals surface area contributed by atoms with Crippen molar-refractivity contribution < 1.29 is 23.9 Å². The number of hydrogen-bond donors (Lipinski definition) is 2. The molecule has 2 aromatic carbocycles. The quantitative estimate of drug-likeness (QED) is 0.294. The van der Waals surface area contributed by atoms with Crippen LogP contribution in [0.25, 0.3) is 0 Å². The van der Waals surface area contributed by atoms with Crippen molar-refractivity contribution in [2.24, 2.45) is 5.73 Å². The molecule has 1 aliphatic heterocycles.